The van der Waals surface area contributed by atoms with Gasteiger partial charge < -0.3 is 69.3 Å². The molecule has 1 spiro atoms. The number of ether oxygens (including phenoxy) is 6. The first-order chi connectivity index (χ1) is 25.2. The molecule has 8 aliphatic rings. The molecule has 4 aliphatic carbocycles. The lowest BCUT2D eigenvalue weighted by molar-refractivity contribution is -0.369. The van der Waals surface area contributed by atoms with Crippen molar-refractivity contribution < 1.29 is 69.3 Å². The Morgan fingerprint density at radius 2 is 1.58 bits per heavy atom. The van der Waals surface area contributed by atoms with E-state index in [1.807, 2.05) is 0 Å². The number of aliphatic hydroxyl groups excluding tert-OH is 8. The molecule has 4 saturated heterocycles. The minimum absolute atomic E-state index is 0.0168. The molecule has 8 N–H and O–H groups in total. The van der Waals surface area contributed by atoms with Gasteiger partial charge in [-0.05, 0) is 81.0 Å². The van der Waals surface area contributed by atoms with Crippen LogP contribution < -0.4 is 0 Å². The van der Waals surface area contributed by atoms with E-state index < -0.39 is 85.3 Å². The number of fused-ring (bicyclic) bond motifs is 7. The lowest BCUT2D eigenvalue weighted by Gasteiger charge is -2.60. The molecule has 0 aromatic carbocycles. The maximum atomic E-state index is 12.2. The molecule has 0 bridgehead atoms. The van der Waals surface area contributed by atoms with Crippen LogP contribution in [0.2, 0.25) is 0 Å². The van der Waals surface area contributed by atoms with Crippen LogP contribution in [0.5, 0.6) is 0 Å². The maximum Gasteiger partial charge on any atom is 0.187 e. The third kappa shape index (κ3) is 6.04. The molecule has 0 radical (unpaired) electrons. The molecule has 3 saturated carbocycles. The molecule has 22 atom stereocenters. The van der Waals surface area contributed by atoms with Crippen molar-refractivity contribution in [2.45, 2.75) is 165 Å². The first kappa shape index (κ1) is 39.0. The molecular formula is C39H62O14. The SMILES string of the molecule is CC1CCC2(OC1)OC1CC3C4CC=C5CC(OC6OC(CO)C(O)C(O)C6OC6OC(C)C(O)C(O)C6O)CCC5(C)C4CC(O)C3(C)C1C2CO. The van der Waals surface area contributed by atoms with Gasteiger partial charge >= 0.3 is 0 Å². The van der Waals surface area contributed by atoms with Gasteiger partial charge in [-0.3, -0.25) is 0 Å². The van der Waals surface area contributed by atoms with Crippen LogP contribution in [0.15, 0.2) is 11.6 Å². The quantitative estimate of drug-likeness (QED) is 0.172. The molecule has 8 rings (SSSR count). The van der Waals surface area contributed by atoms with Crippen LogP contribution in [0, 0.1) is 46.3 Å². The highest BCUT2D eigenvalue weighted by molar-refractivity contribution is 5.27. The van der Waals surface area contributed by atoms with E-state index in [-0.39, 0.29) is 47.9 Å². The molecule has 53 heavy (non-hydrogen) atoms. The second-order valence-electron chi connectivity index (χ2n) is 18.3. The molecule has 14 nitrogen and oxygen atoms in total. The zero-order chi connectivity index (χ0) is 37.8. The Morgan fingerprint density at radius 3 is 2.28 bits per heavy atom. The van der Waals surface area contributed by atoms with Crippen molar-refractivity contribution in [2.24, 2.45) is 46.3 Å². The van der Waals surface area contributed by atoms with Crippen molar-refractivity contribution in [1.29, 1.82) is 0 Å². The van der Waals surface area contributed by atoms with E-state index in [1.54, 1.807) is 0 Å². The standard InChI is InChI=1S/C39H62O14/c1-17-7-10-39(48-16-17)24(14-40)28-25(53-39)12-23-21-6-5-19-11-20(8-9-37(19,3)22(21)13-27(42)38(23,28)4)50-36-34(32(46)30(44)26(15-41)51-36)52-35-33(47)31(45)29(43)18(2)49-35/h5,17-18,20-36,40-47H,6-16H2,1-4H3. The zero-order valence-electron chi connectivity index (χ0n) is 31.4. The number of hydrogen-bond donors (Lipinski definition) is 8. The number of aliphatic hydroxyl groups is 8. The van der Waals surface area contributed by atoms with Crippen LogP contribution >= 0.6 is 0 Å². The van der Waals surface area contributed by atoms with E-state index >= 15 is 0 Å². The van der Waals surface area contributed by atoms with Crippen LogP contribution in [-0.4, -0.2) is 146 Å². The van der Waals surface area contributed by atoms with Gasteiger partial charge in [-0.15, -0.1) is 0 Å². The van der Waals surface area contributed by atoms with Gasteiger partial charge in [0.15, 0.2) is 18.4 Å². The summed E-state index contributed by atoms with van der Waals surface area (Å²) < 4.78 is 37.3. The molecule has 0 aromatic heterocycles. The van der Waals surface area contributed by atoms with E-state index in [9.17, 15) is 40.9 Å². The Labute approximate surface area is 311 Å². The van der Waals surface area contributed by atoms with Gasteiger partial charge in [0.25, 0.3) is 0 Å². The average Bonchev–Trinajstić information content (AvgIpc) is 3.61. The molecule has 0 aromatic rings. The van der Waals surface area contributed by atoms with Gasteiger partial charge in [0.2, 0.25) is 0 Å². The molecule has 0 amide bonds. The highest BCUT2D eigenvalue weighted by Gasteiger charge is 2.72. The molecule has 4 heterocycles. The van der Waals surface area contributed by atoms with Gasteiger partial charge in [-0.1, -0.05) is 32.4 Å². The van der Waals surface area contributed by atoms with E-state index in [4.69, 9.17) is 28.4 Å². The van der Waals surface area contributed by atoms with Gasteiger partial charge in [0, 0.05) is 23.7 Å². The lowest BCUT2D eigenvalue weighted by Crippen LogP contribution is -2.64. The first-order valence-electron chi connectivity index (χ1n) is 20.1. The Bertz CT molecular complexity index is 1360. The summed E-state index contributed by atoms with van der Waals surface area (Å²) >= 11 is 0. The van der Waals surface area contributed by atoms with Crippen molar-refractivity contribution in [3.8, 4) is 0 Å². The number of rotatable bonds is 6. The first-order valence-corrected chi connectivity index (χ1v) is 20.1. The van der Waals surface area contributed by atoms with Gasteiger partial charge in [-0.25, -0.2) is 0 Å². The minimum Gasteiger partial charge on any atom is -0.396 e. The fourth-order valence-corrected chi connectivity index (χ4v) is 12.5. The molecule has 22 unspecified atom stereocenters. The van der Waals surface area contributed by atoms with Crippen LogP contribution in [0.25, 0.3) is 0 Å². The molecule has 4 aliphatic heterocycles. The molecule has 7 fully saturated rings. The Kier molecular flexibility index (Phi) is 10.5. The summed E-state index contributed by atoms with van der Waals surface area (Å²) in [5.74, 6) is 0.365. The molecule has 302 valence electrons. The summed E-state index contributed by atoms with van der Waals surface area (Å²) in [4.78, 5) is 0. The van der Waals surface area contributed by atoms with Crippen molar-refractivity contribution in [3.05, 3.63) is 11.6 Å². The average molecular weight is 755 g/mol. The predicted molar refractivity (Wildman–Crippen MR) is 184 cm³/mol. The second kappa shape index (κ2) is 14.2. The van der Waals surface area contributed by atoms with Crippen molar-refractivity contribution in [1.82, 2.24) is 0 Å². The van der Waals surface area contributed by atoms with E-state index in [2.05, 4.69) is 26.8 Å². The minimum atomic E-state index is -1.64. The van der Waals surface area contributed by atoms with Crippen molar-refractivity contribution in [2.75, 3.05) is 19.8 Å². The highest BCUT2D eigenvalue weighted by atomic mass is 16.8. The van der Waals surface area contributed by atoms with E-state index in [0.29, 0.717) is 37.7 Å². The smallest absolute Gasteiger partial charge is 0.187 e. The summed E-state index contributed by atoms with van der Waals surface area (Å²) in [6.45, 7) is 8.27. The number of hydrogen-bond acceptors (Lipinski definition) is 14. The van der Waals surface area contributed by atoms with E-state index in [1.165, 1.54) is 12.5 Å². The fourth-order valence-electron chi connectivity index (χ4n) is 12.5. The Morgan fingerprint density at radius 1 is 0.811 bits per heavy atom. The fraction of sp³-hybridized carbons (Fsp3) is 0.949. The van der Waals surface area contributed by atoms with Gasteiger partial charge in [-0.2, -0.15) is 0 Å². The summed E-state index contributed by atoms with van der Waals surface area (Å²) in [6.07, 6.45) is -6.21. The topological polar surface area (TPSA) is 217 Å². The third-order valence-corrected chi connectivity index (χ3v) is 15.6. The van der Waals surface area contributed by atoms with Crippen LogP contribution in [0.1, 0.15) is 79.1 Å². The largest absolute Gasteiger partial charge is 0.396 e. The molecule has 14 heteroatoms. The highest BCUT2D eigenvalue weighted by Crippen LogP contribution is 2.70. The predicted octanol–water partition coefficient (Wildman–Crippen LogP) is 0.333. The second-order valence-corrected chi connectivity index (χ2v) is 18.3. The molecular weight excluding hydrogens is 692 g/mol. The van der Waals surface area contributed by atoms with Crippen molar-refractivity contribution in [3.63, 3.8) is 0 Å². The van der Waals surface area contributed by atoms with Gasteiger partial charge in [0.05, 0.1) is 44.2 Å². The number of allylic oxidation sites excluding steroid dienone is 1. The third-order valence-electron chi connectivity index (χ3n) is 15.6. The maximum absolute atomic E-state index is 12.2. The summed E-state index contributed by atoms with van der Waals surface area (Å²) in [5.41, 5.74) is 0.673. The Hall–Kier alpha value is -0.820. The summed E-state index contributed by atoms with van der Waals surface area (Å²) in [6, 6.07) is 0. The van der Waals surface area contributed by atoms with E-state index in [0.717, 1.165) is 32.1 Å². The monoisotopic (exact) mass is 754 g/mol. The summed E-state index contributed by atoms with van der Waals surface area (Å²) in [7, 11) is 0. The normalized spacial score (nSPS) is 58.0. The zero-order valence-corrected chi connectivity index (χ0v) is 31.4. The Balaban J connectivity index is 0.986. The van der Waals surface area contributed by atoms with Crippen LogP contribution in [-0.2, 0) is 28.4 Å². The van der Waals surface area contributed by atoms with Crippen LogP contribution in [0.3, 0.4) is 0 Å². The lowest BCUT2D eigenvalue weighted by atomic mass is 9.46. The van der Waals surface area contributed by atoms with Crippen LogP contribution in [0.4, 0.5) is 0 Å². The van der Waals surface area contributed by atoms with Gasteiger partial charge in [0.1, 0.15) is 42.7 Å². The van der Waals surface area contributed by atoms with Crippen molar-refractivity contribution >= 4 is 0 Å². The summed E-state index contributed by atoms with van der Waals surface area (Å²) in [5, 5.41) is 85.9.